The number of rotatable bonds is 5. The first-order valence-electron chi connectivity index (χ1n) is 6.33. The highest BCUT2D eigenvalue weighted by molar-refractivity contribution is 5.88. The highest BCUT2D eigenvalue weighted by Crippen LogP contribution is 2.16. The van der Waals surface area contributed by atoms with Gasteiger partial charge >= 0.3 is 5.97 Å². The lowest BCUT2D eigenvalue weighted by Gasteiger charge is -2.24. The second-order valence-corrected chi connectivity index (χ2v) is 5.07. The van der Waals surface area contributed by atoms with E-state index >= 15 is 0 Å². The van der Waals surface area contributed by atoms with Crippen molar-refractivity contribution in [3.05, 3.63) is 48.5 Å². The first-order valence-corrected chi connectivity index (χ1v) is 6.33. The first kappa shape index (κ1) is 14.3. The second kappa shape index (κ2) is 5.88. The van der Waals surface area contributed by atoms with Crippen molar-refractivity contribution in [3.63, 3.8) is 0 Å². The van der Waals surface area contributed by atoms with Gasteiger partial charge in [0.1, 0.15) is 5.60 Å². The quantitative estimate of drug-likeness (QED) is 0.786. The van der Waals surface area contributed by atoms with Gasteiger partial charge in [0.25, 0.3) is 0 Å². The summed E-state index contributed by atoms with van der Waals surface area (Å²) < 4.78 is 12.2. The Bertz CT molecular complexity index is 576. The topological polar surface area (TPSA) is 53.4 Å². The third-order valence-corrected chi connectivity index (χ3v) is 2.74. The molecule has 0 radical (unpaired) electrons. The minimum Gasteiger partial charge on any atom is -0.452 e. The van der Waals surface area contributed by atoms with Crippen LogP contribution in [0.1, 0.15) is 24.3 Å². The van der Waals surface area contributed by atoms with Gasteiger partial charge in [0.2, 0.25) is 0 Å². The summed E-state index contributed by atoms with van der Waals surface area (Å²) in [6.07, 6.45) is 3.09. The molecule has 1 heterocycles. The zero-order valence-corrected chi connectivity index (χ0v) is 11.9. The number of carbonyl (C=O) groups excluding carboxylic acids is 1. The van der Waals surface area contributed by atoms with E-state index in [4.69, 9.17) is 9.47 Å². The van der Waals surface area contributed by atoms with Gasteiger partial charge in [0.15, 0.2) is 5.69 Å². The number of imidazole rings is 1. The number of para-hydroxylation sites is 1. The number of hydrogen-bond acceptors (Lipinski definition) is 4. The van der Waals surface area contributed by atoms with Crippen LogP contribution >= 0.6 is 0 Å². The molecule has 1 aromatic carbocycles. The summed E-state index contributed by atoms with van der Waals surface area (Å²) in [4.78, 5) is 16.3. The van der Waals surface area contributed by atoms with E-state index < -0.39 is 11.6 Å². The van der Waals surface area contributed by atoms with Crippen molar-refractivity contribution in [2.75, 3.05) is 13.7 Å². The van der Waals surface area contributed by atoms with E-state index in [2.05, 4.69) is 4.98 Å². The molecule has 106 valence electrons. The highest BCUT2D eigenvalue weighted by atomic mass is 16.6. The third kappa shape index (κ3) is 3.24. The normalized spacial score (nSPS) is 11.3. The van der Waals surface area contributed by atoms with Gasteiger partial charge < -0.3 is 9.47 Å². The van der Waals surface area contributed by atoms with Crippen LogP contribution < -0.4 is 0 Å². The number of hydrogen-bond donors (Lipinski definition) is 0. The Morgan fingerprint density at radius 1 is 1.30 bits per heavy atom. The monoisotopic (exact) mass is 274 g/mol. The summed E-state index contributed by atoms with van der Waals surface area (Å²) in [6.45, 7) is 3.94. The van der Waals surface area contributed by atoms with Gasteiger partial charge in [-0.3, -0.25) is 4.57 Å². The van der Waals surface area contributed by atoms with Crippen LogP contribution in [0.2, 0.25) is 0 Å². The number of carbonyl (C=O) groups is 1. The van der Waals surface area contributed by atoms with E-state index in [-0.39, 0.29) is 0 Å². The molecule has 0 N–H and O–H groups in total. The smallest absolute Gasteiger partial charge is 0.357 e. The Labute approximate surface area is 118 Å². The summed E-state index contributed by atoms with van der Waals surface area (Å²) in [5, 5.41) is 0. The number of benzene rings is 1. The Morgan fingerprint density at radius 2 is 2.00 bits per heavy atom. The predicted molar refractivity (Wildman–Crippen MR) is 74.9 cm³/mol. The van der Waals surface area contributed by atoms with Gasteiger partial charge in [-0.25, -0.2) is 9.78 Å². The summed E-state index contributed by atoms with van der Waals surface area (Å²) >= 11 is 0. The fourth-order valence-corrected chi connectivity index (χ4v) is 1.92. The number of nitrogens with zero attached hydrogens (tertiary/aromatic N) is 2. The summed E-state index contributed by atoms with van der Waals surface area (Å²) in [6, 6.07) is 9.52. The predicted octanol–water partition coefficient (Wildman–Crippen LogP) is 2.45. The van der Waals surface area contributed by atoms with E-state index in [0.29, 0.717) is 12.3 Å². The molecule has 0 aliphatic heterocycles. The lowest BCUT2D eigenvalue weighted by Crippen LogP contribution is -2.33. The maximum absolute atomic E-state index is 12.3. The largest absolute Gasteiger partial charge is 0.452 e. The van der Waals surface area contributed by atoms with Crippen LogP contribution in [-0.4, -0.2) is 34.8 Å². The Balaban J connectivity index is 2.22. The minimum atomic E-state index is -0.683. The lowest BCUT2D eigenvalue weighted by atomic mass is 10.1. The van der Waals surface area contributed by atoms with Crippen LogP contribution in [0.3, 0.4) is 0 Å². The average molecular weight is 274 g/mol. The highest BCUT2D eigenvalue weighted by Gasteiger charge is 2.25. The zero-order valence-electron chi connectivity index (χ0n) is 11.9. The summed E-state index contributed by atoms with van der Waals surface area (Å²) in [7, 11) is 1.57. The lowest BCUT2D eigenvalue weighted by molar-refractivity contribution is -0.0371. The van der Waals surface area contributed by atoms with Gasteiger partial charge in [-0.05, 0) is 26.0 Å². The van der Waals surface area contributed by atoms with Crippen LogP contribution in [0.4, 0.5) is 0 Å². The van der Waals surface area contributed by atoms with E-state index in [1.807, 2.05) is 30.3 Å². The molecule has 1 aromatic heterocycles. The van der Waals surface area contributed by atoms with Crippen molar-refractivity contribution in [2.24, 2.45) is 0 Å². The van der Waals surface area contributed by atoms with E-state index in [9.17, 15) is 4.79 Å². The number of aromatic nitrogens is 2. The van der Waals surface area contributed by atoms with Crippen LogP contribution in [0.5, 0.6) is 0 Å². The van der Waals surface area contributed by atoms with Crippen molar-refractivity contribution in [3.8, 4) is 5.69 Å². The van der Waals surface area contributed by atoms with E-state index in [1.165, 1.54) is 6.20 Å². The number of esters is 1. The zero-order chi connectivity index (χ0) is 14.6. The molecule has 0 amide bonds. The molecule has 0 saturated heterocycles. The molecule has 0 saturated carbocycles. The van der Waals surface area contributed by atoms with E-state index in [0.717, 1.165) is 5.69 Å². The fraction of sp³-hybridized carbons (Fsp3) is 0.333. The molecule has 0 fully saturated rings. The molecule has 5 nitrogen and oxygen atoms in total. The third-order valence-electron chi connectivity index (χ3n) is 2.74. The van der Waals surface area contributed by atoms with Gasteiger partial charge in [0.05, 0.1) is 19.1 Å². The average Bonchev–Trinajstić information content (AvgIpc) is 2.88. The second-order valence-electron chi connectivity index (χ2n) is 5.07. The minimum absolute atomic E-state index is 0.332. The van der Waals surface area contributed by atoms with Gasteiger partial charge in [-0.15, -0.1) is 0 Å². The maximum atomic E-state index is 12.3. The van der Waals surface area contributed by atoms with Crippen molar-refractivity contribution < 1.29 is 14.3 Å². The first-order chi connectivity index (χ1) is 9.53. The molecule has 0 atom stereocenters. The molecule has 5 heteroatoms. The summed E-state index contributed by atoms with van der Waals surface area (Å²) in [5.74, 6) is -0.423. The molecule has 2 aromatic rings. The van der Waals surface area contributed by atoms with Gasteiger partial charge in [-0.2, -0.15) is 0 Å². The van der Waals surface area contributed by atoms with Crippen molar-refractivity contribution in [2.45, 2.75) is 19.4 Å². The molecule has 0 aliphatic rings. The van der Waals surface area contributed by atoms with Crippen LogP contribution in [0.15, 0.2) is 42.9 Å². The Morgan fingerprint density at radius 3 is 2.65 bits per heavy atom. The molecular formula is C15H18N2O3. The molecule has 0 spiro atoms. The molecule has 0 bridgehead atoms. The molecule has 20 heavy (non-hydrogen) atoms. The van der Waals surface area contributed by atoms with Crippen LogP contribution in [0.25, 0.3) is 5.69 Å². The molecule has 0 unspecified atom stereocenters. The van der Waals surface area contributed by atoms with Crippen LogP contribution in [-0.2, 0) is 9.47 Å². The van der Waals surface area contributed by atoms with Gasteiger partial charge in [0, 0.05) is 12.8 Å². The van der Waals surface area contributed by atoms with Crippen molar-refractivity contribution >= 4 is 5.97 Å². The maximum Gasteiger partial charge on any atom is 0.357 e. The fourth-order valence-electron chi connectivity index (χ4n) is 1.92. The van der Waals surface area contributed by atoms with Crippen LogP contribution in [0, 0.1) is 0 Å². The standard InChI is InChI=1S/C15H18N2O3/c1-15(2,10-19-3)20-14(18)13-9-16-11-17(13)12-7-5-4-6-8-12/h4-9,11H,10H2,1-3H3. The van der Waals surface area contributed by atoms with Gasteiger partial charge in [-0.1, -0.05) is 18.2 Å². The number of ether oxygens (including phenoxy) is 2. The Hall–Kier alpha value is -2.14. The van der Waals surface area contributed by atoms with E-state index in [1.54, 1.807) is 31.9 Å². The molecule has 0 aliphatic carbocycles. The van der Waals surface area contributed by atoms with Crippen molar-refractivity contribution in [1.29, 1.82) is 0 Å². The summed E-state index contributed by atoms with van der Waals surface area (Å²) in [5.41, 5.74) is 0.569. The van der Waals surface area contributed by atoms with Crippen molar-refractivity contribution in [1.82, 2.24) is 9.55 Å². The SMILES string of the molecule is COCC(C)(C)OC(=O)c1cncn1-c1ccccc1. The molecular weight excluding hydrogens is 256 g/mol. The Kier molecular flexibility index (Phi) is 4.20. The molecule has 2 rings (SSSR count). The number of methoxy groups -OCH3 is 1.